The number of nitrogens with one attached hydrogen (secondary N) is 2. The lowest BCUT2D eigenvalue weighted by Crippen LogP contribution is -2.48. The van der Waals surface area contributed by atoms with Crippen LogP contribution < -0.4 is 10.6 Å². The molecule has 0 saturated carbocycles. The highest BCUT2D eigenvalue weighted by atomic mass is 16.5. The molecule has 2 aliphatic heterocycles. The number of likely N-dealkylation sites (tertiary alicyclic amines) is 1. The average molecular weight is 390 g/mol. The zero-order valence-electron chi connectivity index (χ0n) is 16.6. The molecule has 1 unspecified atom stereocenters. The molecule has 0 bridgehead atoms. The molecular formula is C22H26N6O. The van der Waals surface area contributed by atoms with Crippen LogP contribution in [0.15, 0.2) is 54.9 Å². The van der Waals surface area contributed by atoms with Gasteiger partial charge in [0.25, 0.3) is 0 Å². The number of para-hydroxylation sites is 1. The Bertz CT molecular complexity index is 968. The number of nitrogens with zero attached hydrogens (tertiary/aromatic N) is 4. The van der Waals surface area contributed by atoms with E-state index in [9.17, 15) is 0 Å². The molecule has 0 aliphatic carbocycles. The molecule has 1 atom stereocenters. The van der Waals surface area contributed by atoms with E-state index in [1.807, 2.05) is 30.3 Å². The van der Waals surface area contributed by atoms with Gasteiger partial charge in [0.05, 0.1) is 24.9 Å². The van der Waals surface area contributed by atoms with Crippen molar-refractivity contribution in [3.63, 3.8) is 0 Å². The van der Waals surface area contributed by atoms with Crippen molar-refractivity contribution < 1.29 is 4.74 Å². The Morgan fingerprint density at radius 2 is 1.90 bits per heavy atom. The average Bonchev–Trinajstić information content (AvgIpc) is 3.31. The number of anilines is 3. The number of rotatable bonds is 6. The van der Waals surface area contributed by atoms with Gasteiger partial charge in [-0.05, 0) is 49.2 Å². The van der Waals surface area contributed by atoms with Crippen molar-refractivity contribution in [3.8, 4) is 5.69 Å². The van der Waals surface area contributed by atoms with E-state index in [1.54, 1.807) is 11.0 Å². The Hall–Kier alpha value is -2.90. The molecule has 0 spiro atoms. The Labute approximate surface area is 170 Å². The Morgan fingerprint density at radius 3 is 2.69 bits per heavy atom. The van der Waals surface area contributed by atoms with E-state index in [2.05, 4.69) is 50.7 Å². The molecule has 2 fully saturated rings. The second-order valence-corrected chi connectivity index (χ2v) is 7.88. The highest BCUT2D eigenvalue weighted by Crippen LogP contribution is 2.25. The first-order chi connectivity index (χ1) is 14.2. The molecular weight excluding hydrogens is 364 g/mol. The van der Waals surface area contributed by atoms with Gasteiger partial charge in [0.2, 0.25) is 5.95 Å². The van der Waals surface area contributed by atoms with Gasteiger partial charge in [0.15, 0.2) is 0 Å². The van der Waals surface area contributed by atoms with Crippen molar-refractivity contribution in [2.45, 2.75) is 25.4 Å². The molecule has 5 rings (SSSR count). The number of benzene rings is 2. The lowest BCUT2D eigenvalue weighted by Gasteiger charge is -2.34. The molecule has 7 heteroatoms. The van der Waals surface area contributed by atoms with E-state index in [4.69, 9.17) is 4.74 Å². The molecule has 2 aromatic carbocycles. The van der Waals surface area contributed by atoms with Crippen LogP contribution in [0.2, 0.25) is 0 Å². The summed E-state index contributed by atoms with van der Waals surface area (Å²) >= 11 is 0. The van der Waals surface area contributed by atoms with Gasteiger partial charge in [-0.2, -0.15) is 4.98 Å². The second kappa shape index (κ2) is 7.85. The summed E-state index contributed by atoms with van der Waals surface area (Å²) in [6.07, 6.45) is 2.89. The number of aromatic nitrogens is 3. The van der Waals surface area contributed by atoms with Gasteiger partial charge in [-0.25, -0.2) is 4.68 Å². The summed E-state index contributed by atoms with van der Waals surface area (Å²) in [6, 6.07) is 17.5. The molecule has 2 N–H and O–H groups in total. The molecule has 29 heavy (non-hydrogen) atoms. The normalized spacial score (nSPS) is 19.8. The van der Waals surface area contributed by atoms with E-state index in [1.165, 1.54) is 5.56 Å². The monoisotopic (exact) mass is 390 g/mol. The standard InChI is InChI=1S/C22H26N6O/c1-16-9-18(24-17-7-8-27(12-17)21-13-29-14-21)11-19(10-16)25-22-23-15-28(26-22)20-5-3-2-4-6-20/h2-6,9-11,15,17,21,24H,7-8,12-14H2,1H3,(H,25,26). The van der Waals surface area contributed by atoms with Crippen LogP contribution >= 0.6 is 0 Å². The fourth-order valence-electron chi connectivity index (χ4n) is 4.00. The van der Waals surface area contributed by atoms with Crippen molar-refractivity contribution in [3.05, 3.63) is 60.4 Å². The van der Waals surface area contributed by atoms with Crippen LogP contribution in [0.5, 0.6) is 0 Å². The number of hydrogen-bond donors (Lipinski definition) is 2. The van der Waals surface area contributed by atoms with Gasteiger partial charge in [0, 0.05) is 30.5 Å². The van der Waals surface area contributed by atoms with E-state index < -0.39 is 0 Å². The molecule has 7 nitrogen and oxygen atoms in total. The SMILES string of the molecule is Cc1cc(Nc2ncn(-c3ccccc3)n2)cc(NC2CCN(C3COC3)C2)c1. The maximum Gasteiger partial charge on any atom is 0.246 e. The van der Waals surface area contributed by atoms with Gasteiger partial charge in [-0.1, -0.05) is 18.2 Å². The van der Waals surface area contributed by atoms with Crippen LogP contribution in [0, 0.1) is 6.92 Å². The third-order valence-corrected chi connectivity index (χ3v) is 5.57. The van der Waals surface area contributed by atoms with Gasteiger partial charge in [-0.15, -0.1) is 5.10 Å². The van der Waals surface area contributed by atoms with Crippen molar-refractivity contribution in [1.82, 2.24) is 19.7 Å². The van der Waals surface area contributed by atoms with Crippen LogP contribution in [0.4, 0.5) is 17.3 Å². The number of ether oxygens (including phenoxy) is 1. The predicted molar refractivity (Wildman–Crippen MR) is 114 cm³/mol. The maximum absolute atomic E-state index is 5.33. The van der Waals surface area contributed by atoms with Crippen LogP contribution in [-0.4, -0.2) is 58.1 Å². The van der Waals surface area contributed by atoms with Gasteiger partial charge < -0.3 is 15.4 Å². The van der Waals surface area contributed by atoms with E-state index in [0.717, 1.165) is 49.8 Å². The van der Waals surface area contributed by atoms with E-state index in [-0.39, 0.29) is 0 Å². The van der Waals surface area contributed by atoms with Crippen molar-refractivity contribution in [2.24, 2.45) is 0 Å². The summed E-state index contributed by atoms with van der Waals surface area (Å²) in [5.41, 5.74) is 4.30. The molecule has 0 amide bonds. The minimum Gasteiger partial charge on any atom is -0.381 e. The number of aryl methyl sites for hydroxylation is 1. The molecule has 2 aliphatic rings. The molecule has 2 saturated heterocycles. The molecule has 1 aromatic heterocycles. The Kier molecular flexibility index (Phi) is 4.91. The lowest BCUT2D eigenvalue weighted by atomic mass is 10.1. The highest BCUT2D eigenvalue weighted by molar-refractivity contribution is 5.63. The topological polar surface area (TPSA) is 67.2 Å². The molecule has 0 radical (unpaired) electrons. The second-order valence-electron chi connectivity index (χ2n) is 7.88. The quantitative estimate of drug-likeness (QED) is 0.674. The summed E-state index contributed by atoms with van der Waals surface area (Å²) in [7, 11) is 0. The lowest BCUT2D eigenvalue weighted by molar-refractivity contribution is -0.0571. The van der Waals surface area contributed by atoms with Crippen molar-refractivity contribution in [1.29, 1.82) is 0 Å². The zero-order chi connectivity index (χ0) is 19.6. The zero-order valence-corrected chi connectivity index (χ0v) is 16.6. The minimum atomic E-state index is 0.473. The third kappa shape index (κ3) is 4.11. The summed E-state index contributed by atoms with van der Waals surface area (Å²) in [5.74, 6) is 0.586. The number of hydrogen-bond acceptors (Lipinski definition) is 6. The largest absolute Gasteiger partial charge is 0.381 e. The maximum atomic E-state index is 5.33. The Balaban J connectivity index is 1.26. The smallest absolute Gasteiger partial charge is 0.246 e. The minimum absolute atomic E-state index is 0.473. The van der Waals surface area contributed by atoms with Gasteiger partial charge in [0.1, 0.15) is 6.33 Å². The summed E-state index contributed by atoms with van der Waals surface area (Å²) in [6.45, 7) is 6.10. The highest BCUT2D eigenvalue weighted by Gasteiger charge is 2.32. The fourth-order valence-corrected chi connectivity index (χ4v) is 4.00. The first-order valence-electron chi connectivity index (χ1n) is 10.2. The van der Waals surface area contributed by atoms with Gasteiger partial charge in [-0.3, -0.25) is 4.90 Å². The van der Waals surface area contributed by atoms with Crippen molar-refractivity contribution in [2.75, 3.05) is 36.9 Å². The van der Waals surface area contributed by atoms with Crippen molar-refractivity contribution >= 4 is 17.3 Å². The molecule has 3 aromatic rings. The van der Waals surface area contributed by atoms with Gasteiger partial charge >= 0.3 is 0 Å². The first-order valence-corrected chi connectivity index (χ1v) is 10.2. The summed E-state index contributed by atoms with van der Waals surface area (Å²) in [4.78, 5) is 6.94. The Morgan fingerprint density at radius 1 is 1.07 bits per heavy atom. The van der Waals surface area contributed by atoms with E-state index >= 15 is 0 Å². The summed E-state index contributed by atoms with van der Waals surface area (Å²) in [5, 5.41) is 11.6. The first kappa shape index (κ1) is 18.1. The molecule has 150 valence electrons. The molecule has 3 heterocycles. The van der Waals surface area contributed by atoms with Crippen LogP contribution in [-0.2, 0) is 4.74 Å². The van der Waals surface area contributed by atoms with Crippen LogP contribution in [0.1, 0.15) is 12.0 Å². The fraction of sp³-hybridized carbons (Fsp3) is 0.364. The van der Waals surface area contributed by atoms with Crippen LogP contribution in [0.25, 0.3) is 5.69 Å². The van der Waals surface area contributed by atoms with Crippen LogP contribution in [0.3, 0.4) is 0 Å². The van der Waals surface area contributed by atoms with E-state index in [0.29, 0.717) is 18.0 Å². The predicted octanol–water partition coefficient (Wildman–Crippen LogP) is 3.20. The summed E-state index contributed by atoms with van der Waals surface area (Å²) < 4.78 is 7.11. The third-order valence-electron chi connectivity index (χ3n) is 5.57.